The Morgan fingerprint density at radius 2 is 2.06 bits per heavy atom. The average Bonchev–Trinajstić information content (AvgIpc) is 2.37. The number of amides is 2. The summed E-state index contributed by atoms with van der Waals surface area (Å²) in [7, 11) is 0. The molecule has 17 heavy (non-hydrogen) atoms. The van der Waals surface area contributed by atoms with Crippen LogP contribution < -0.4 is 4.72 Å². The third-order valence-electron chi connectivity index (χ3n) is 3.29. The Hall–Kier alpha value is -0.910. The molecule has 1 unspecified atom stereocenters. The third-order valence-corrected chi connectivity index (χ3v) is 3.48. The monoisotopic (exact) mass is 260 g/mol. The predicted octanol–water partition coefficient (Wildman–Crippen LogP) is 1.45. The first kappa shape index (κ1) is 14.2. The van der Waals surface area contributed by atoms with Crippen molar-refractivity contribution >= 4 is 24.8 Å². The molecule has 0 aromatic carbocycles. The molecule has 1 rings (SSSR count). The zero-order chi connectivity index (χ0) is 12.8. The van der Waals surface area contributed by atoms with Crippen LogP contribution in [0.2, 0.25) is 0 Å². The molecule has 0 saturated carbocycles. The molecule has 5 nitrogen and oxygen atoms in total. The normalized spacial score (nSPS) is 18.6. The number of piperidine rings is 1. The van der Waals surface area contributed by atoms with Crippen LogP contribution in [-0.2, 0) is 9.53 Å². The van der Waals surface area contributed by atoms with Crippen molar-refractivity contribution in [3.05, 3.63) is 0 Å². The number of carbonyl (C=O) groups is 2. The first-order valence-corrected chi connectivity index (χ1v) is 6.40. The Bertz CT molecular complexity index is 278. The van der Waals surface area contributed by atoms with Crippen molar-refractivity contribution in [1.82, 2.24) is 9.62 Å². The van der Waals surface area contributed by atoms with Gasteiger partial charge in [0.25, 0.3) is 0 Å². The van der Waals surface area contributed by atoms with Crippen molar-refractivity contribution < 1.29 is 14.3 Å². The molecular weight excluding hydrogens is 240 g/mol. The highest BCUT2D eigenvalue weighted by molar-refractivity contribution is 7.78. The fourth-order valence-corrected chi connectivity index (χ4v) is 2.28. The minimum atomic E-state index is -0.171. The lowest BCUT2D eigenvalue weighted by atomic mass is 9.85. The minimum absolute atomic E-state index is 0.0869. The highest BCUT2D eigenvalue weighted by atomic mass is 32.1. The molecule has 6 heteroatoms. The predicted molar refractivity (Wildman–Crippen MR) is 67.6 cm³/mol. The van der Waals surface area contributed by atoms with Crippen molar-refractivity contribution in [2.24, 2.45) is 11.8 Å². The van der Waals surface area contributed by atoms with Crippen LogP contribution in [0.1, 0.15) is 26.7 Å². The first-order chi connectivity index (χ1) is 8.10. The van der Waals surface area contributed by atoms with Gasteiger partial charge in [0, 0.05) is 13.1 Å². The Kier molecular flexibility index (Phi) is 5.61. The highest BCUT2D eigenvalue weighted by Crippen LogP contribution is 2.25. The van der Waals surface area contributed by atoms with Crippen molar-refractivity contribution in [3.63, 3.8) is 0 Å². The van der Waals surface area contributed by atoms with E-state index in [-0.39, 0.29) is 17.9 Å². The van der Waals surface area contributed by atoms with Crippen LogP contribution >= 0.6 is 12.8 Å². The van der Waals surface area contributed by atoms with Gasteiger partial charge in [0.05, 0.1) is 12.5 Å². The van der Waals surface area contributed by atoms with Crippen LogP contribution in [0.15, 0.2) is 0 Å². The van der Waals surface area contributed by atoms with Crippen molar-refractivity contribution in [2.45, 2.75) is 26.7 Å². The summed E-state index contributed by atoms with van der Waals surface area (Å²) < 4.78 is 7.32. The van der Waals surface area contributed by atoms with Gasteiger partial charge in [0.15, 0.2) is 0 Å². The van der Waals surface area contributed by atoms with Crippen LogP contribution in [0.3, 0.4) is 0 Å². The van der Waals surface area contributed by atoms with Gasteiger partial charge in [-0.3, -0.25) is 9.52 Å². The Morgan fingerprint density at radius 3 is 2.53 bits per heavy atom. The van der Waals surface area contributed by atoms with E-state index in [0.717, 1.165) is 12.8 Å². The lowest BCUT2D eigenvalue weighted by Crippen LogP contribution is -2.43. The van der Waals surface area contributed by atoms with Crippen LogP contribution in [0.25, 0.3) is 0 Å². The maximum atomic E-state index is 11.6. The number of carbonyl (C=O) groups excluding carboxylic acids is 2. The van der Waals surface area contributed by atoms with Gasteiger partial charge in [-0.15, -0.1) is 0 Å². The molecule has 0 aromatic heterocycles. The van der Waals surface area contributed by atoms with Gasteiger partial charge in [-0.25, -0.2) is 4.79 Å². The van der Waals surface area contributed by atoms with Gasteiger partial charge >= 0.3 is 12.0 Å². The molecular formula is C11H20N2O3S. The summed E-state index contributed by atoms with van der Waals surface area (Å²) in [4.78, 5) is 24.6. The van der Waals surface area contributed by atoms with Crippen molar-refractivity contribution in [3.8, 4) is 0 Å². The summed E-state index contributed by atoms with van der Waals surface area (Å²) in [6.45, 7) is 5.47. The van der Waals surface area contributed by atoms with Gasteiger partial charge in [-0.1, -0.05) is 19.7 Å². The molecule has 1 saturated heterocycles. The second-order valence-corrected chi connectivity index (χ2v) is 4.51. The molecule has 1 N–H and O–H groups in total. The number of ether oxygens (including phenoxy) is 1. The standard InChI is InChI=1S/C11H20N2O3S/c1-3-16-10(14)8(2)9-4-6-13(7-5-9)11(15)12-17/h8-9,17H,3-7H2,1-2H3,(H,12,15). The van der Waals surface area contributed by atoms with E-state index >= 15 is 0 Å². The van der Waals surface area contributed by atoms with E-state index in [1.165, 1.54) is 0 Å². The van der Waals surface area contributed by atoms with Crippen LogP contribution in [0.5, 0.6) is 0 Å². The molecule has 0 aromatic rings. The van der Waals surface area contributed by atoms with Gasteiger partial charge in [-0.05, 0) is 25.7 Å². The number of likely N-dealkylation sites (tertiary alicyclic amines) is 1. The maximum absolute atomic E-state index is 11.6. The van der Waals surface area contributed by atoms with E-state index < -0.39 is 0 Å². The van der Waals surface area contributed by atoms with Crippen LogP contribution in [0.4, 0.5) is 4.79 Å². The number of thiol groups is 1. The Morgan fingerprint density at radius 1 is 1.47 bits per heavy atom. The van der Waals surface area contributed by atoms with E-state index in [9.17, 15) is 9.59 Å². The zero-order valence-electron chi connectivity index (χ0n) is 10.3. The number of nitrogens with zero attached hydrogens (tertiary/aromatic N) is 1. The minimum Gasteiger partial charge on any atom is -0.466 e. The molecule has 1 fully saturated rings. The Balaban J connectivity index is 2.41. The molecule has 1 aliphatic rings. The number of hydrogen-bond donors (Lipinski definition) is 2. The number of hydrogen-bond acceptors (Lipinski definition) is 4. The van der Waals surface area contributed by atoms with Gasteiger partial charge in [0.1, 0.15) is 0 Å². The zero-order valence-corrected chi connectivity index (χ0v) is 11.2. The maximum Gasteiger partial charge on any atom is 0.327 e. The van der Waals surface area contributed by atoms with E-state index in [1.807, 2.05) is 13.8 Å². The van der Waals surface area contributed by atoms with Crippen LogP contribution in [0, 0.1) is 11.8 Å². The third kappa shape index (κ3) is 3.80. The lowest BCUT2D eigenvalue weighted by Gasteiger charge is -2.33. The number of esters is 1. The van der Waals surface area contributed by atoms with Crippen molar-refractivity contribution in [1.29, 1.82) is 0 Å². The first-order valence-electron chi connectivity index (χ1n) is 5.95. The van der Waals surface area contributed by atoms with Crippen molar-refractivity contribution in [2.75, 3.05) is 19.7 Å². The number of rotatable bonds is 3. The second kappa shape index (κ2) is 6.74. The Labute approximate surface area is 107 Å². The fraction of sp³-hybridized carbons (Fsp3) is 0.818. The SMILES string of the molecule is CCOC(=O)C(C)C1CCN(C(=O)NS)CC1. The summed E-state index contributed by atoms with van der Waals surface area (Å²) in [6.07, 6.45) is 1.67. The molecule has 2 amide bonds. The smallest absolute Gasteiger partial charge is 0.327 e. The fourth-order valence-electron chi connectivity index (χ4n) is 2.14. The number of urea groups is 1. The van der Waals surface area contributed by atoms with Gasteiger partial charge in [0.2, 0.25) is 0 Å². The molecule has 1 atom stereocenters. The molecule has 0 aliphatic carbocycles. The molecule has 1 aliphatic heterocycles. The molecule has 98 valence electrons. The molecule has 1 heterocycles. The van der Waals surface area contributed by atoms with E-state index in [4.69, 9.17) is 4.74 Å². The summed E-state index contributed by atoms with van der Waals surface area (Å²) >= 11 is 3.73. The van der Waals surface area contributed by atoms with Crippen LogP contribution in [-0.4, -0.2) is 36.6 Å². The summed E-state index contributed by atoms with van der Waals surface area (Å²) in [5, 5.41) is 0. The molecule has 0 radical (unpaired) electrons. The lowest BCUT2D eigenvalue weighted by molar-refractivity contribution is -0.149. The molecule has 0 spiro atoms. The largest absolute Gasteiger partial charge is 0.466 e. The average molecular weight is 260 g/mol. The second-order valence-electron chi connectivity index (χ2n) is 4.28. The summed E-state index contributed by atoms with van der Waals surface area (Å²) in [5.41, 5.74) is 0. The molecule has 0 bridgehead atoms. The van der Waals surface area contributed by atoms with Gasteiger partial charge < -0.3 is 9.64 Å². The van der Waals surface area contributed by atoms with Gasteiger partial charge in [-0.2, -0.15) is 0 Å². The highest BCUT2D eigenvalue weighted by Gasteiger charge is 2.30. The quantitative estimate of drug-likeness (QED) is 0.596. The summed E-state index contributed by atoms with van der Waals surface area (Å²) in [5.74, 6) is 0.0822. The van der Waals surface area contributed by atoms with E-state index in [1.54, 1.807) is 4.90 Å². The van der Waals surface area contributed by atoms with E-state index in [0.29, 0.717) is 25.6 Å². The summed E-state index contributed by atoms with van der Waals surface area (Å²) in [6, 6.07) is -0.171. The topological polar surface area (TPSA) is 58.6 Å². The number of nitrogens with one attached hydrogen (secondary N) is 1. The van der Waals surface area contributed by atoms with E-state index in [2.05, 4.69) is 17.5 Å².